The molecule has 0 aromatic carbocycles. The minimum absolute atomic E-state index is 0.172. The molecule has 0 spiro atoms. The zero-order valence-electron chi connectivity index (χ0n) is 7.31. The molecule has 0 aliphatic rings. The van der Waals surface area contributed by atoms with Gasteiger partial charge in [-0.25, -0.2) is 0 Å². The van der Waals surface area contributed by atoms with Crippen LogP contribution in [0.25, 0.3) is 0 Å². The van der Waals surface area contributed by atoms with Gasteiger partial charge in [-0.05, 0) is 14.0 Å². The predicted molar refractivity (Wildman–Crippen MR) is 43.6 cm³/mol. The van der Waals surface area contributed by atoms with Crippen molar-refractivity contribution < 1.29 is 20.4 Å². The van der Waals surface area contributed by atoms with E-state index in [4.69, 9.17) is 15.3 Å². The van der Waals surface area contributed by atoms with Crippen molar-refractivity contribution in [3.63, 3.8) is 0 Å². The highest BCUT2D eigenvalue weighted by molar-refractivity contribution is 4.79. The zero-order valence-corrected chi connectivity index (χ0v) is 7.31. The SMILES string of the molecule is CNC[C@@H](O)[C@H](O)[C@H](O)[C@H](C)O. The van der Waals surface area contributed by atoms with Gasteiger partial charge in [-0.2, -0.15) is 0 Å². The highest BCUT2D eigenvalue weighted by Gasteiger charge is 2.27. The Morgan fingerprint density at radius 1 is 1.08 bits per heavy atom. The number of likely N-dealkylation sites (N-methyl/N-ethyl adjacent to an activating group) is 1. The summed E-state index contributed by atoms with van der Waals surface area (Å²) >= 11 is 0. The largest absolute Gasteiger partial charge is 0.391 e. The Morgan fingerprint density at radius 2 is 1.58 bits per heavy atom. The molecule has 4 atom stereocenters. The van der Waals surface area contributed by atoms with Crippen LogP contribution in [0, 0.1) is 0 Å². The molecule has 5 N–H and O–H groups in total. The summed E-state index contributed by atoms with van der Waals surface area (Å²) in [6.07, 6.45) is -4.75. The van der Waals surface area contributed by atoms with Gasteiger partial charge in [0.2, 0.25) is 0 Å². The van der Waals surface area contributed by atoms with Gasteiger partial charge >= 0.3 is 0 Å². The van der Waals surface area contributed by atoms with Crippen LogP contribution in [-0.2, 0) is 0 Å². The van der Waals surface area contributed by atoms with E-state index in [0.717, 1.165) is 0 Å². The van der Waals surface area contributed by atoms with E-state index >= 15 is 0 Å². The summed E-state index contributed by atoms with van der Waals surface area (Å²) in [4.78, 5) is 0. The summed E-state index contributed by atoms with van der Waals surface area (Å²) < 4.78 is 0. The van der Waals surface area contributed by atoms with E-state index < -0.39 is 24.4 Å². The van der Waals surface area contributed by atoms with Crippen molar-refractivity contribution in [1.82, 2.24) is 5.32 Å². The van der Waals surface area contributed by atoms with E-state index in [1.54, 1.807) is 7.05 Å². The summed E-state index contributed by atoms with van der Waals surface area (Å²) in [6, 6.07) is 0. The van der Waals surface area contributed by atoms with Crippen LogP contribution >= 0.6 is 0 Å². The molecule has 12 heavy (non-hydrogen) atoms. The maximum absolute atomic E-state index is 9.19. The van der Waals surface area contributed by atoms with Crippen LogP contribution in [0.15, 0.2) is 0 Å². The second-order valence-electron chi connectivity index (χ2n) is 2.85. The average Bonchev–Trinajstić information content (AvgIpc) is 2.02. The zero-order chi connectivity index (χ0) is 9.72. The second-order valence-corrected chi connectivity index (χ2v) is 2.85. The molecule has 0 amide bonds. The van der Waals surface area contributed by atoms with Gasteiger partial charge < -0.3 is 25.7 Å². The first-order valence-electron chi connectivity index (χ1n) is 3.87. The van der Waals surface area contributed by atoms with Crippen LogP contribution in [0.5, 0.6) is 0 Å². The Bertz CT molecular complexity index is 120. The Kier molecular flexibility index (Phi) is 5.36. The van der Waals surface area contributed by atoms with Gasteiger partial charge in [0.1, 0.15) is 12.2 Å². The first-order valence-corrected chi connectivity index (χ1v) is 3.87. The van der Waals surface area contributed by atoms with Crippen LogP contribution < -0.4 is 5.32 Å². The molecule has 0 fully saturated rings. The molecule has 0 aliphatic heterocycles. The van der Waals surface area contributed by atoms with Crippen LogP contribution in [-0.4, -0.2) is 58.4 Å². The fraction of sp³-hybridized carbons (Fsp3) is 1.00. The normalized spacial score (nSPS) is 21.5. The molecular formula is C7H17NO4. The molecular weight excluding hydrogens is 162 g/mol. The number of aliphatic hydroxyl groups is 4. The van der Waals surface area contributed by atoms with Crippen molar-refractivity contribution in [2.45, 2.75) is 31.3 Å². The lowest BCUT2D eigenvalue weighted by Crippen LogP contribution is -2.46. The van der Waals surface area contributed by atoms with E-state index in [9.17, 15) is 5.11 Å². The van der Waals surface area contributed by atoms with Crippen LogP contribution in [0.3, 0.4) is 0 Å². The molecule has 0 rings (SSSR count). The molecule has 5 nitrogen and oxygen atoms in total. The van der Waals surface area contributed by atoms with Gasteiger partial charge in [0, 0.05) is 6.54 Å². The fourth-order valence-corrected chi connectivity index (χ4v) is 0.843. The van der Waals surface area contributed by atoms with Crippen LogP contribution in [0.4, 0.5) is 0 Å². The third kappa shape index (κ3) is 3.46. The maximum atomic E-state index is 9.19. The first kappa shape index (κ1) is 11.8. The Hall–Kier alpha value is -0.200. The van der Waals surface area contributed by atoms with E-state index in [2.05, 4.69) is 5.32 Å². The molecule has 0 bridgehead atoms. The lowest BCUT2D eigenvalue weighted by Gasteiger charge is -2.24. The van der Waals surface area contributed by atoms with E-state index in [1.165, 1.54) is 6.92 Å². The van der Waals surface area contributed by atoms with E-state index in [0.29, 0.717) is 0 Å². The van der Waals surface area contributed by atoms with Gasteiger partial charge in [-0.1, -0.05) is 0 Å². The first-order chi connectivity index (χ1) is 5.50. The number of rotatable bonds is 5. The van der Waals surface area contributed by atoms with Gasteiger partial charge in [-0.15, -0.1) is 0 Å². The van der Waals surface area contributed by atoms with Gasteiger partial charge in [-0.3, -0.25) is 0 Å². The van der Waals surface area contributed by atoms with Crippen LogP contribution in [0.1, 0.15) is 6.92 Å². The van der Waals surface area contributed by atoms with Crippen molar-refractivity contribution in [3.8, 4) is 0 Å². The molecule has 0 saturated carbocycles. The molecule has 0 unspecified atom stereocenters. The second kappa shape index (κ2) is 5.45. The minimum atomic E-state index is -1.32. The molecule has 74 valence electrons. The number of aliphatic hydroxyl groups excluding tert-OH is 4. The van der Waals surface area contributed by atoms with Crippen molar-refractivity contribution in [1.29, 1.82) is 0 Å². The Morgan fingerprint density at radius 3 is 1.92 bits per heavy atom. The van der Waals surface area contributed by atoms with Crippen molar-refractivity contribution >= 4 is 0 Å². The van der Waals surface area contributed by atoms with Gasteiger partial charge in [0.05, 0.1) is 12.2 Å². The van der Waals surface area contributed by atoms with Crippen molar-refractivity contribution in [2.75, 3.05) is 13.6 Å². The summed E-state index contributed by atoms with van der Waals surface area (Å²) in [5.41, 5.74) is 0. The Labute approximate surface area is 71.7 Å². The standard InChI is InChI=1S/C7H17NO4/c1-4(9)6(11)7(12)5(10)3-8-2/h4-12H,3H2,1-2H3/t4-,5+,6+,7-/m0/s1. The highest BCUT2D eigenvalue weighted by Crippen LogP contribution is 2.03. The molecule has 0 radical (unpaired) electrons. The summed E-state index contributed by atoms with van der Waals surface area (Å²) in [5.74, 6) is 0. The van der Waals surface area contributed by atoms with Gasteiger partial charge in [0.15, 0.2) is 0 Å². The Balaban J connectivity index is 3.90. The summed E-state index contributed by atoms with van der Waals surface area (Å²) in [5, 5.41) is 39.0. The quantitative estimate of drug-likeness (QED) is 0.326. The third-order valence-electron chi connectivity index (χ3n) is 1.65. The summed E-state index contributed by atoms with van der Waals surface area (Å²) in [7, 11) is 1.62. The third-order valence-corrected chi connectivity index (χ3v) is 1.65. The van der Waals surface area contributed by atoms with Crippen molar-refractivity contribution in [2.24, 2.45) is 0 Å². The van der Waals surface area contributed by atoms with Crippen LogP contribution in [0.2, 0.25) is 0 Å². The molecule has 0 aromatic rings. The number of hydrogen-bond acceptors (Lipinski definition) is 5. The molecule has 0 saturated heterocycles. The topological polar surface area (TPSA) is 93.0 Å². The fourth-order valence-electron chi connectivity index (χ4n) is 0.843. The lowest BCUT2D eigenvalue weighted by molar-refractivity contribution is -0.0983. The lowest BCUT2D eigenvalue weighted by atomic mass is 10.0. The van der Waals surface area contributed by atoms with Crippen molar-refractivity contribution in [3.05, 3.63) is 0 Å². The average molecular weight is 179 g/mol. The van der Waals surface area contributed by atoms with E-state index in [-0.39, 0.29) is 6.54 Å². The summed E-state index contributed by atoms with van der Waals surface area (Å²) in [6.45, 7) is 1.52. The molecule has 0 heterocycles. The number of nitrogens with one attached hydrogen (secondary N) is 1. The highest BCUT2D eigenvalue weighted by atomic mass is 16.4. The van der Waals surface area contributed by atoms with Gasteiger partial charge in [0.25, 0.3) is 0 Å². The smallest absolute Gasteiger partial charge is 0.109 e. The minimum Gasteiger partial charge on any atom is -0.391 e. The molecule has 5 heteroatoms. The molecule has 0 aliphatic carbocycles. The maximum Gasteiger partial charge on any atom is 0.109 e. The monoisotopic (exact) mass is 179 g/mol. The van der Waals surface area contributed by atoms with E-state index in [1.807, 2.05) is 0 Å². The molecule has 0 aromatic heterocycles. The number of hydrogen-bond donors (Lipinski definition) is 5. The predicted octanol–water partition coefficient (Wildman–Crippen LogP) is -2.33.